The highest BCUT2D eigenvalue weighted by atomic mass is 35.5. The van der Waals surface area contributed by atoms with Gasteiger partial charge in [-0.05, 0) is 48.9 Å². The number of carbonyl (C=O) groups is 1. The average molecular weight is 363 g/mol. The van der Waals surface area contributed by atoms with Crippen molar-refractivity contribution in [3.63, 3.8) is 0 Å². The van der Waals surface area contributed by atoms with Crippen LogP contribution in [-0.2, 0) is 4.79 Å². The average Bonchev–Trinajstić information content (AvgIpc) is 2.90. The van der Waals surface area contributed by atoms with Crippen LogP contribution in [0.3, 0.4) is 0 Å². The Kier molecular flexibility index (Phi) is 5.20. The van der Waals surface area contributed by atoms with Crippen molar-refractivity contribution >= 4 is 56.0 Å². The molecule has 0 atom stereocenters. The number of amides is 1. The Morgan fingerprint density at radius 2 is 2.04 bits per heavy atom. The van der Waals surface area contributed by atoms with Gasteiger partial charge in [0.25, 0.3) is 0 Å². The lowest BCUT2D eigenvalue weighted by atomic mass is 10.2. The number of rotatable bonds is 5. The van der Waals surface area contributed by atoms with Crippen molar-refractivity contribution in [2.24, 2.45) is 0 Å². The second-order valence-corrected chi connectivity index (χ2v) is 7.73. The maximum absolute atomic E-state index is 12.0. The normalized spacial score (nSPS) is 10.9. The molecule has 0 unspecified atom stereocenters. The van der Waals surface area contributed by atoms with Crippen molar-refractivity contribution in [1.29, 1.82) is 0 Å². The van der Waals surface area contributed by atoms with E-state index in [1.54, 1.807) is 11.8 Å². The Morgan fingerprint density at radius 3 is 2.83 bits per heavy atom. The van der Waals surface area contributed by atoms with Gasteiger partial charge in [0, 0.05) is 22.1 Å². The topological polar surface area (TPSA) is 42.0 Å². The van der Waals surface area contributed by atoms with Gasteiger partial charge in [-0.1, -0.05) is 29.0 Å². The molecule has 1 aromatic heterocycles. The lowest BCUT2D eigenvalue weighted by molar-refractivity contribution is -0.115. The molecule has 1 heterocycles. The number of aryl methyl sites for hydroxylation is 1. The molecule has 1 amide bonds. The lowest BCUT2D eigenvalue weighted by Gasteiger charge is -2.02. The zero-order valence-corrected chi connectivity index (χ0v) is 14.9. The maximum atomic E-state index is 12.0. The van der Waals surface area contributed by atoms with Crippen LogP contribution < -0.4 is 5.32 Å². The van der Waals surface area contributed by atoms with Crippen LogP contribution in [0.4, 0.5) is 5.13 Å². The number of thiazole rings is 1. The summed E-state index contributed by atoms with van der Waals surface area (Å²) < 4.78 is 1.09. The molecule has 2 aromatic carbocycles. The molecule has 1 N–H and O–H groups in total. The number of aromatic nitrogens is 1. The Labute approximate surface area is 148 Å². The van der Waals surface area contributed by atoms with Crippen molar-refractivity contribution in [2.45, 2.75) is 18.2 Å². The fraction of sp³-hybridized carbons (Fsp3) is 0.176. The third-order valence-electron chi connectivity index (χ3n) is 3.20. The van der Waals surface area contributed by atoms with E-state index in [4.69, 9.17) is 11.6 Å². The number of hydrogen-bond acceptors (Lipinski definition) is 4. The van der Waals surface area contributed by atoms with E-state index in [1.807, 2.05) is 43.3 Å². The number of halogens is 1. The molecule has 0 spiro atoms. The van der Waals surface area contributed by atoms with Gasteiger partial charge in [0.05, 0.1) is 10.2 Å². The first-order valence-corrected chi connectivity index (χ1v) is 9.33. The standard InChI is InChI=1S/C17H15ClN2OS2/c1-11-2-7-14-15(10-11)23-17(19-14)20-16(21)8-9-22-13-5-3-12(18)4-6-13/h2-7,10H,8-9H2,1H3,(H,19,20,21). The van der Waals surface area contributed by atoms with E-state index in [0.717, 1.165) is 25.9 Å². The number of thioether (sulfide) groups is 1. The molecular weight excluding hydrogens is 348 g/mol. The van der Waals surface area contributed by atoms with Crippen molar-refractivity contribution in [2.75, 3.05) is 11.1 Å². The second-order valence-electron chi connectivity index (χ2n) is 5.09. The molecule has 0 aliphatic carbocycles. The van der Waals surface area contributed by atoms with Gasteiger partial charge in [0.2, 0.25) is 5.91 Å². The molecule has 0 aliphatic heterocycles. The second kappa shape index (κ2) is 7.34. The van der Waals surface area contributed by atoms with Crippen LogP contribution in [0.15, 0.2) is 47.4 Å². The lowest BCUT2D eigenvalue weighted by Crippen LogP contribution is -2.11. The molecule has 0 saturated carbocycles. The minimum Gasteiger partial charge on any atom is -0.302 e. The van der Waals surface area contributed by atoms with E-state index in [9.17, 15) is 4.79 Å². The van der Waals surface area contributed by atoms with Crippen molar-refractivity contribution in [1.82, 2.24) is 4.98 Å². The summed E-state index contributed by atoms with van der Waals surface area (Å²) in [5, 5.41) is 4.26. The summed E-state index contributed by atoms with van der Waals surface area (Å²) in [6.45, 7) is 2.05. The molecule has 0 fully saturated rings. The van der Waals surface area contributed by atoms with E-state index in [-0.39, 0.29) is 5.91 Å². The summed E-state index contributed by atoms with van der Waals surface area (Å²) in [4.78, 5) is 17.6. The minimum absolute atomic E-state index is 0.0118. The van der Waals surface area contributed by atoms with E-state index >= 15 is 0 Å². The van der Waals surface area contributed by atoms with E-state index in [1.165, 1.54) is 16.9 Å². The molecule has 3 nitrogen and oxygen atoms in total. The Balaban J connectivity index is 1.53. The van der Waals surface area contributed by atoms with Crippen molar-refractivity contribution in [3.05, 3.63) is 53.1 Å². The molecular formula is C17H15ClN2OS2. The van der Waals surface area contributed by atoms with Gasteiger partial charge >= 0.3 is 0 Å². The zero-order valence-electron chi connectivity index (χ0n) is 12.5. The summed E-state index contributed by atoms with van der Waals surface area (Å²) in [5.41, 5.74) is 2.12. The molecule has 0 bridgehead atoms. The number of anilines is 1. The molecule has 118 valence electrons. The Bertz CT molecular complexity index is 830. The van der Waals surface area contributed by atoms with Gasteiger partial charge in [-0.3, -0.25) is 4.79 Å². The fourth-order valence-corrected chi connectivity index (χ4v) is 4.02. The molecule has 0 radical (unpaired) electrons. The number of nitrogens with one attached hydrogen (secondary N) is 1. The summed E-state index contributed by atoms with van der Waals surface area (Å²) in [7, 11) is 0. The molecule has 0 aliphatic rings. The predicted octanol–water partition coefficient (Wildman–Crippen LogP) is 5.38. The van der Waals surface area contributed by atoms with Crippen LogP contribution in [0.5, 0.6) is 0 Å². The summed E-state index contributed by atoms with van der Waals surface area (Å²) in [5.74, 6) is 0.708. The van der Waals surface area contributed by atoms with E-state index in [2.05, 4.69) is 16.4 Å². The van der Waals surface area contributed by atoms with Crippen LogP contribution in [0.25, 0.3) is 10.2 Å². The highest BCUT2D eigenvalue weighted by molar-refractivity contribution is 7.99. The third-order valence-corrected chi connectivity index (χ3v) is 5.40. The highest BCUT2D eigenvalue weighted by Gasteiger charge is 2.08. The molecule has 3 rings (SSSR count). The molecule has 23 heavy (non-hydrogen) atoms. The van der Waals surface area contributed by atoms with Gasteiger partial charge < -0.3 is 5.32 Å². The zero-order chi connectivity index (χ0) is 16.2. The fourth-order valence-electron chi connectivity index (χ4n) is 2.06. The number of nitrogens with zero attached hydrogens (tertiary/aromatic N) is 1. The van der Waals surface area contributed by atoms with Gasteiger partial charge in [-0.2, -0.15) is 0 Å². The van der Waals surface area contributed by atoms with E-state index in [0.29, 0.717) is 11.6 Å². The molecule has 0 saturated heterocycles. The number of carbonyl (C=O) groups excluding carboxylic acids is 1. The van der Waals surface area contributed by atoms with Crippen molar-refractivity contribution in [3.8, 4) is 0 Å². The van der Waals surface area contributed by atoms with Crippen LogP contribution >= 0.6 is 34.7 Å². The number of benzene rings is 2. The molecule has 3 aromatic rings. The minimum atomic E-state index is -0.0118. The Morgan fingerprint density at radius 1 is 1.26 bits per heavy atom. The van der Waals surface area contributed by atoms with Gasteiger partial charge in [-0.15, -0.1) is 11.8 Å². The summed E-state index contributed by atoms with van der Waals surface area (Å²) in [6.07, 6.45) is 0.447. The third kappa shape index (κ3) is 4.47. The largest absolute Gasteiger partial charge is 0.302 e. The number of hydrogen-bond donors (Lipinski definition) is 1. The van der Waals surface area contributed by atoms with E-state index < -0.39 is 0 Å². The smallest absolute Gasteiger partial charge is 0.226 e. The monoisotopic (exact) mass is 362 g/mol. The van der Waals surface area contributed by atoms with Gasteiger partial charge in [0.15, 0.2) is 5.13 Å². The first-order chi connectivity index (χ1) is 11.1. The van der Waals surface area contributed by atoms with Gasteiger partial charge in [0.1, 0.15) is 0 Å². The van der Waals surface area contributed by atoms with Gasteiger partial charge in [-0.25, -0.2) is 4.98 Å². The Hall–Kier alpha value is -1.56. The first-order valence-electron chi connectivity index (χ1n) is 7.15. The quantitative estimate of drug-likeness (QED) is 0.619. The highest BCUT2D eigenvalue weighted by Crippen LogP contribution is 2.27. The van der Waals surface area contributed by atoms with Crippen LogP contribution in [0, 0.1) is 6.92 Å². The van der Waals surface area contributed by atoms with Crippen LogP contribution in [-0.4, -0.2) is 16.6 Å². The maximum Gasteiger partial charge on any atom is 0.226 e. The first kappa shape index (κ1) is 16.3. The number of fused-ring (bicyclic) bond motifs is 1. The van der Waals surface area contributed by atoms with Crippen LogP contribution in [0.1, 0.15) is 12.0 Å². The SMILES string of the molecule is Cc1ccc2nc(NC(=O)CCSc3ccc(Cl)cc3)sc2c1. The summed E-state index contributed by atoms with van der Waals surface area (Å²) >= 11 is 9.00. The summed E-state index contributed by atoms with van der Waals surface area (Å²) in [6, 6.07) is 13.7. The predicted molar refractivity (Wildman–Crippen MR) is 99.8 cm³/mol. The van der Waals surface area contributed by atoms with Crippen molar-refractivity contribution < 1.29 is 4.79 Å². The molecule has 6 heteroatoms. The van der Waals surface area contributed by atoms with Crippen LogP contribution in [0.2, 0.25) is 5.02 Å².